The Kier molecular flexibility index (Phi) is 9.47. The van der Waals surface area contributed by atoms with Gasteiger partial charge in [0, 0.05) is 42.2 Å². The maximum atomic E-state index is 15.4. The highest BCUT2D eigenvalue weighted by atomic mass is 35.5. The zero-order valence-corrected chi connectivity index (χ0v) is 31.9. The second-order valence-corrected chi connectivity index (χ2v) is 16.3. The van der Waals surface area contributed by atoms with Gasteiger partial charge in [-0.15, -0.1) is 13.2 Å². The molecule has 4 aromatic rings. The minimum atomic E-state index is -5.07. The van der Waals surface area contributed by atoms with Crippen LogP contribution in [-0.4, -0.2) is 64.0 Å². The third kappa shape index (κ3) is 6.19. The monoisotopic (exact) mass is 809 g/mol. The molecule has 2 aliphatic carbocycles. The molecule has 3 aliphatic heterocycles. The zero-order chi connectivity index (χ0) is 40.5. The summed E-state index contributed by atoms with van der Waals surface area (Å²) in [7, 11) is 0. The summed E-state index contributed by atoms with van der Waals surface area (Å²) < 4.78 is 45.3. The van der Waals surface area contributed by atoms with Crippen LogP contribution in [0.4, 0.5) is 18.9 Å². The topological polar surface area (TPSA) is 107 Å². The van der Waals surface area contributed by atoms with Crippen molar-refractivity contribution in [2.24, 2.45) is 23.7 Å². The molecule has 9 rings (SSSR count). The molecule has 13 heteroatoms. The molecule has 58 heavy (non-hydrogen) atoms. The number of imide groups is 2. The van der Waals surface area contributed by atoms with Crippen molar-refractivity contribution in [1.82, 2.24) is 9.80 Å². The molecule has 5 aliphatic rings. The Balaban J connectivity index is 1.15. The number of anilines is 1. The van der Waals surface area contributed by atoms with E-state index in [-0.39, 0.29) is 47.0 Å². The number of hydrogen-bond acceptors (Lipinski definition) is 7. The van der Waals surface area contributed by atoms with Gasteiger partial charge in [-0.2, -0.15) is 0 Å². The van der Waals surface area contributed by atoms with Crippen LogP contribution < -0.4 is 9.64 Å². The molecular weight excluding hydrogens is 771 g/mol. The van der Waals surface area contributed by atoms with E-state index in [0.29, 0.717) is 37.1 Å². The number of phenolic OH excluding ortho intramolecular Hbond substituents is 1. The number of carbonyl (C=O) groups is 4. The maximum Gasteiger partial charge on any atom is 0.573 e. The molecule has 6 unspecified atom stereocenters. The van der Waals surface area contributed by atoms with Gasteiger partial charge in [0.1, 0.15) is 11.5 Å². The highest BCUT2D eigenvalue weighted by molar-refractivity contribution is 6.32. The van der Waals surface area contributed by atoms with Crippen molar-refractivity contribution in [1.29, 1.82) is 0 Å². The van der Waals surface area contributed by atoms with Crippen LogP contribution in [0.5, 0.6) is 11.5 Å². The first-order valence-electron chi connectivity index (χ1n) is 19.5. The van der Waals surface area contributed by atoms with Gasteiger partial charge in [-0.3, -0.25) is 29.0 Å². The molecular formula is C45H39ClF3N3O6. The van der Waals surface area contributed by atoms with Crippen LogP contribution in [0.2, 0.25) is 5.02 Å². The van der Waals surface area contributed by atoms with Crippen molar-refractivity contribution < 1.29 is 42.2 Å². The van der Waals surface area contributed by atoms with Crippen LogP contribution in [0.1, 0.15) is 48.3 Å². The second kappa shape index (κ2) is 14.4. The molecule has 0 bridgehead atoms. The number of piperidine rings is 1. The van der Waals surface area contributed by atoms with E-state index in [1.807, 2.05) is 24.3 Å². The lowest BCUT2D eigenvalue weighted by Gasteiger charge is -2.50. The van der Waals surface area contributed by atoms with E-state index in [0.717, 1.165) is 29.6 Å². The molecule has 9 nitrogen and oxygen atoms in total. The molecule has 6 atom stereocenters. The maximum absolute atomic E-state index is 15.4. The van der Waals surface area contributed by atoms with Gasteiger partial charge in [0.15, 0.2) is 0 Å². The van der Waals surface area contributed by atoms with E-state index in [9.17, 15) is 32.7 Å². The first kappa shape index (κ1) is 38.1. The number of aromatic hydroxyl groups is 1. The number of benzene rings is 4. The van der Waals surface area contributed by atoms with Crippen LogP contribution in [0.15, 0.2) is 115 Å². The Labute approximate surface area is 337 Å². The molecule has 298 valence electrons. The van der Waals surface area contributed by atoms with Crippen LogP contribution in [-0.2, 0) is 31.1 Å². The highest BCUT2D eigenvalue weighted by Gasteiger charge is 2.70. The molecule has 0 spiro atoms. The van der Waals surface area contributed by atoms with Gasteiger partial charge in [0.2, 0.25) is 23.6 Å². The quantitative estimate of drug-likeness (QED) is 0.150. The van der Waals surface area contributed by atoms with Gasteiger partial charge in [0.05, 0.1) is 28.9 Å². The summed E-state index contributed by atoms with van der Waals surface area (Å²) in [5.41, 5.74) is 0.438. The van der Waals surface area contributed by atoms with Crippen LogP contribution >= 0.6 is 11.6 Å². The number of alkyl halides is 3. The summed E-state index contributed by atoms with van der Waals surface area (Å²) >= 11 is 6.38. The smallest absolute Gasteiger partial charge is 0.508 e. The molecule has 0 radical (unpaired) electrons. The van der Waals surface area contributed by atoms with Crippen LogP contribution in [0.3, 0.4) is 0 Å². The number of amides is 4. The molecule has 1 N–H and O–H groups in total. The predicted octanol–water partition coefficient (Wildman–Crippen LogP) is 7.77. The molecule has 1 saturated carbocycles. The number of allylic oxidation sites excluding steroid dienone is 2. The fraction of sp³-hybridized carbons (Fsp3) is 0.333. The fourth-order valence-corrected chi connectivity index (χ4v) is 10.8. The molecule has 3 saturated heterocycles. The summed E-state index contributed by atoms with van der Waals surface area (Å²) in [4.78, 5) is 64.3. The van der Waals surface area contributed by atoms with Gasteiger partial charge >= 0.3 is 6.36 Å². The predicted molar refractivity (Wildman–Crippen MR) is 207 cm³/mol. The molecule has 4 fully saturated rings. The van der Waals surface area contributed by atoms with E-state index >= 15 is 4.79 Å². The SMILES string of the molecule is O=C1C2CC3C(=CCC4C(=O)N(C5CCN(Cc6ccccc6)CC5)C(=O)C43)C(c3cc(OC(F)(F)F)ccc3O)C2(c2ccccc2)C(=O)N1c1cccc(Cl)c1. The van der Waals surface area contributed by atoms with E-state index < -0.39 is 64.7 Å². The lowest BCUT2D eigenvalue weighted by Crippen LogP contribution is -2.53. The van der Waals surface area contributed by atoms with Crippen molar-refractivity contribution in [3.63, 3.8) is 0 Å². The third-order valence-electron chi connectivity index (χ3n) is 12.9. The molecule has 3 heterocycles. The molecule has 4 aromatic carbocycles. The first-order chi connectivity index (χ1) is 27.9. The summed E-state index contributed by atoms with van der Waals surface area (Å²) in [5, 5.41) is 11.9. The lowest BCUT2D eigenvalue weighted by atomic mass is 9.49. The van der Waals surface area contributed by atoms with Crippen LogP contribution in [0.25, 0.3) is 0 Å². The number of phenols is 1. The Bertz CT molecular complexity index is 2330. The number of hydrogen-bond donors (Lipinski definition) is 1. The lowest BCUT2D eigenvalue weighted by molar-refractivity contribution is -0.274. The number of nitrogens with zero attached hydrogens (tertiary/aromatic N) is 3. The average Bonchev–Trinajstić information content (AvgIpc) is 3.60. The van der Waals surface area contributed by atoms with Gasteiger partial charge in [-0.25, -0.2) is 4.90 Å². The minimum absolute atomic E-state index is 0.00190. The average molecular weight is 810 g/mol. The number of ether oxygens (including phenoxy) is 1. The summed E-state index contributed by atoms with van der Waals surface area (Å²) in [6, 6.07) is 27.7. The molecule has 0 aromatic heterocycles. The summed E-state index contributed by atoms with van der Waals surface area (Å²) in [6.07, 6.45) is -1.93. The largest absolute Gasteiger partial charge is 0.573 e. The van der Waals surface area contributed by atoms with Crippen molar-refractivity contribution in [3.8, 4) is 11.5 Å². The fourth-order valence-electron chi connectivity index (χ4n) is 10.6. The van der Waals surface area contributed by atoms with E-state index in [1.54, 1.807) is 48.5 Å². The Morgan fingerprint density at radius 1 is 0.810 bits per heavy atom. The van der Waals surface area contributed by atoms with E-state index in [4.69, 9.17) is 11.6 Å². The third-order valence-corrected chi connectivity index (χ3v) is 13.2. The van der Waals surface area contributed by atoms with E-state index in [2.05, 4.69) is 21.8 Å². The van der Waals surface area contributed by atoms with Gasteiger partial charge in [-0.1, -0.05) is 90.0 Å². The number of likely N-dealkylation sites (tertiary alicyclic amines) is 2. The second-order valence-electron chi connectivity index (χ2n) is 15.9. The van der Waals surface area contributed by atoms with E-state index in [1.165, 1.54) is 16.5 Å². The standard InChI is InChI=1S/C45H39ClF3N3O6/c46-28-12-7-13-30(22-28)52-41(55)36-24-34-32(15-16-33-38(34)42(56)51(40(33)54)29-18-20-50(21-19-29)25-26-8-3-1-4-9-26)39(44(36,43(52)57)27-10-5-2-6-11-27)35-23-31(14-17-37(35)53)58-45(47,48)49/h1-15,17,22-23,29,33-34,36,38-39,53H,16,18-21,24-25H2. The van der Waals surface area contributed by atoms with Crippen molar-refractivity contribution in [2.45, 2.75) is 56.0 Å². The first-order valence-corrected chi connectivity index (χ1v) is 19.9. The summed E-state index contributed by atoms with van der Waals surface area (Å²) in [6.45, 7) is 2.13. The number of carbonyl (C=O) groups excluding carboxylic acids is 4. The van der Waals surface area contributed by atoms with Gasteiger partial charge < -0.3 is 9.84 Å². The highest BCUT2D eigenvalue weighted by Crippen LogP contribution is 2.65. The molecule has 4 amide bonds. The van der Waals surface area contributed by atoms with Gasteiger partial charge in [-0.05, 0) is 79.1 Å². The van der Waals surface area contributed by atoms with Crippen LogP contribution in [0, 0.1) is 23.7 Å². The van der Waals surface area contributed by atoms with Gasteiger partial charge in [0.25, 0.3) is 0 Å². The number of fused-ring (bicyclic) bond motifs is 4. The Morgan fingerprint density at radius 3 is 2.21 bits per heavy atom. The number of halogens is 4. The number of rotatable bonds is 7. The normalized spacial score (nSPS) is 27.7. The zero-order valence-electron chi connectivity index (χ0n) is 31.1. The van der Waals surface area contributed by atoms with Crippen molar-refractivity contribution in [3.05, 3.63) is 136 Å². The van der Waals surface area contributed by atoms with Crippen molar-refractivity contribution >= 4 is 40.9 Å². The Morgan fingerprint density at radius 2 is 1.52 bits per heavy atom. The Hall–Kier alpha value is -5.46. The van der Waals surface area contributed by atoms with Crippen molar-refractivity contribution in [2.75, 3.05) is 18.0 Å². The minimum Gasteiger partial charge on any atom is -0.508 e. The summed E-state index contributed by atoms with van der Waals surface area (Å²) in [5.74, 6) is -7.66.